The van der Waals surface area contributed by atoms with Gasteiger partial charge < -0.3 is 5.32 Å². The number of hydrogen-bond acceptors (Lipinski definition) is 1. The molecule has 0 bridgehead atoms. The Bertz CT molecular complexity index is 325. The van der Waals surface area contributed by atoms with Gasteiger partial charge in [0.2, 0.25) is 0 Å². The first kappa shape index (κ1) is 11.2. The van der Waals surface area contributed by atoms with Crippen LogP contribution in [0.5, 0.6) is 0 Å². The molecule has 0 spiro atoms. The Morgan fingerprint density at radius 2 is 2.36 bits per heavy atom. The summed E-state index contributed by atoms with van der Waals surface area (Å²) in [4.78, 5) is 0. The Labute approximate surface area is 88.6 Å². The minimum Gasteiger partial charge on any atom is -0.313 e. The molecule has 0 aromatic heterocycles. The van der Waals surface area contributed by atoms with Crippen molar-refractivity contribution in [1.82, 2.24) is 5.32 Å². The maximum Gasteiger partial charge on any atom is 0.124 e. The maximum atomic E-state index is 12.8. The van der Waals surface area contributed by atoms with Crippen LogP contribution in [0.15, 0.2) is 30.9 Å². The van der Waals surface area contributed by atoms with Gasteiger partial charge in [-0.15, -0.1) is 6.58 Å². The summed E-state index contributed by atoms with van der Waals surface area (Å²) < 4.78 is 12.8. The summed E-state index contributed by atoms with van der Waals surface area (Å²) in [5, 5.41) is 3.55. The highest BCUT2D eigenvalue weighted by Crippen LogP contribution is 2.25. The Kier molecular flexibility index (Phi) is 4.11. The third kappa shape index (κ3) is 2.56. The summed E-state index contributed by atoms with van der Waals surface area (Å²) in [6.07, 6.45) is 2.57. The molecule has 1 unspecified atom stereocenters. The summed E-state index contributed by atoms with van der Waals surface area (Å²) >= 11 is 5.92. The van der Waals surface area contributed by atoms with Gasteiger partial charge in [-0.2, -0.15) is 0 Å². The van der Waals surface area contributed by atoms with E-state index in [2.05, 4.69) is 11.9 Å². The minimum absolute atomic E-state index is 0.0978. The zero-order chi connectivity index (χ0) is 10.6. The summed E-state index contributed by atoms with van der Waals surface area (Å²) in [6.45, 7) is 3.66. The van der Waals surface area contributed by atoms with Crippen molar-refractivity contribution in [3.63, 3.8) is 0 Å². The zero-order valence-corrected chi connectivity index (χ0v) is 8.81. The largest absolute Gasteiger partial charge is 0.313 e. The lowest BCUT2D eigenvalue weighted by atomic mass is 10.0. The smallest absolute Gasteiger partial charge is 0.124 e. The number of benzene rings is 1. The number of halogens is 2. The number of hydrogen-bond donors (Lipinski definition) is 1. The standard InChI is InChI=1S/C11H13ClFN/c1-3-4-11(14-2)9-6-5-8(13)7-10(9)12/h3,5-7,11,14H,1,4H2,2H3. The van der Waals surface area contributed by atoms with Crippen LogP contribution in [0, 0.1) is 5.82 Å². The molecule has 0 fully saturated rings. The van der Waals surface area contributed by atoms with Crippen LogP contribution in [0.2, 0.25) is 5.02 Å². The summed E-state index contributed by atoms with van der Waals surface area (Å²) in [6, 6.07) is 4.53. The van der Waals surface area contributed by atoms with Gasteiger partial charge in [-0.3, -0.25) is 0 Å². The van der Waals surface area contributed by atoms with Crippen LogP contribution in [0.3, 0.4) is 0 Å². The van der Waals surface area contributed by atoms with Gasteiger partial charge in [-0.05, 0) is 31.2 Å². The number of nitrogens with one attached hydrogen (secondary N) is 1. The van der Waals surface area contributed by atoms with Gasteiger partial charge in [0.1, 0.15) is 5.82 Å². The van der Waals surface area contributed by atoms with E-state index < -0.39 is 0 Å². The van der Waals surface area contributed by atoms with Crippen molar-refractivity contribution >= 4 is 11.6 Å². The van der Waals surface area contributed by atoms with Crippen LogP contribution < -0.4 is 5.32 Å². The molecule has 1 aromatic rings. The third-order valence-corrected chi connectivity index (χ3v) is 2.42. The average Bonchev–Trinajstić information content (AvgIpc) is 2.15. The lowest BCUT2D eigenvalue weighted by Gasteiger charge is -2.15. The van der Waals surface area contributed by atoms with Gasteiger partial charge in [-0.1, -0.05) is 23.7 Å². The molecule has 0 saturated carbocycles. The SMILES string of the molecule is C=CCC(NC)c1ccc(F)cc1Cl. The molecule has 76 valence electrons. The molecule has 0 heterocycles. The van der Waals surface area contributed by atoms with Crippen LogP contribution in [-0.4, -0.2) is 7.05 Å². The van der Waals surface area contributed by atoms with E-state index in [9.17, 15) is 4.39 Å². The molecule has 0 aliphatic rings. The van der Waals surface area contributed by atoms with Crippen molar-refractivity contribution in [1.29, 1.82) is 0 Å². The van der Waals surface area contributed by atoms with E-state index in [1.165, 1.54) is 12.1 Å². The van der Waals surface area contributed by atoms with E-state index in [0.717, 1.165) is 12.0 Å². The van der Waals surface area contributed by atoms with Crippen molar-refractivity contribution in [2.45, 2.75) is 12.5 Å². The first-order valence-electron chi connectivity index (χ1n) is 4.42. The monoisotopic (exact) mass is 213 g/mol. The molecule has 0 aliphatic heterocycles. The van der Waals surface area contributed by atoms with E-state index in [-0.39, 0.29) is 11.9 Å². The van der Waals surface area contributed by atoms with Crippen LogP contribution >= 0.6 is 11.6 Å². The van der Waals surface area contributed by atoms with Crippen molar-refractivity contribution in [3.8, 4) is 0 Å². The molecule has 0 amide bonds. The molecular formula is C11H13ClFN. The summed E-state index contributed by atoms with van der Waals surface area (Å²) in [7, 11) is 1.84. The van der Waals surface area contributed by atoms with Gasteiger partial charge >= 0.3 is 0 Å². The van der Waals surface area contributed by atoms with Crippen LogP contribution in [0.4, 0.5) is 4.39 Å². The van der Waals surface area contributed by atoms with Gasteiger partial charge in [-0.25, -0.2) is 4.39 Å². The van der Waals surface area contributed by atoms with E-state index in [1.54, 1.807) is 12.1 Å². The molecule has 0 aliphatic carbocycles. The van der Waals surface area contributed by atoms with E-state index in [4.69, 9.17) is 11.6 Å². The second-order valence-electron chi connectivity index (χ2n) is 3.03. The highest BCUT2D eigenvalue weighted by atomic mass is 35.5. The first-order valence-corrected chi connectivity index (χ1v) is 4.80. The minimum atomic E-state index is -0.313. The molecule has 14 heavy (non-hydrogen) atoms. The Morgan fingerprint density at radius 1 is 1.64 bits per heavy atom. The molecule has 0 saturated heterocycles. The fourth-order valence-electron chi connectivity index (χ4n) is 1.35. The van der Waals surface area contributed by atoms with Crippen molar-refractivity contribution in [3.05, 3.63) is 47.3 Å². The van der Waals surface area contributed by atoms with Crippen molar-refractivity contribution < 1.29 is 4.39 Å². The highest BCUT2D eigenvalue weighted by Gasteiger charge is 2.11. The molecule has 1 rings (SSSR count). The van der Waals surface area contributed by atoms with E-state index >= 15 is 0 Å². The fraction of sp³-hybridized carbons (Fsp3) is 0.273. The molecule has 3 heteroatoms. The van der Waals surface area contributed by atoms with Gasteiger partial charge in [0.25, 0.3) is 0 Å². The Balaban J connectivity index is 2.97. The highest BCUT2D eigenvalue weighted by molar-refractivity contribution is 6.31. The second-order valence-corrected chi connectivity index (χ2v) is 3.44. The maximum absolute atomic E-state index is 12.8. The molecule has 1 atom stereocenters. The predicted molar refractivity (Wildman–Crippen MR) is 58.0 cm³/mol. The van der Waals surface area contributed by atoms with E-state index in [1.807, 2.05) is 7.05 Å². The summed E-state index contributed by atoms with van der Waals surface area (Å²) in [5.41, 5.74) is 0.899. The lowest BCUT2D eigenvalue weighted by Crippen LogP contribution is -2.15. The second kappa shape index (κ2) is 5.13. The fourth-order valence-corrected chi connectivity index (χ4v) is 1.65. The quantitative estimate of drug-likeness (QED) is 0.757. The Morgan fingerprint density at radius 3 is 2.86 bits per heavy atom. The topological polar surface area (TPSA) is 12.0 Å². The normalized spacial score (nSPS) is 12.5. The molecule has 1 aromatic carbocycles. The lowest BCUT2D eigenvalue weighted by molar-refractivity contribution is 0.595. The van der Waals surface area contributed by atoms with Crippen LogP contribution in [0.25, 0.3) is 0 Å². The van der Waals surface area contributed by atoms with Gasteiger partial charge in [0.05, 0.1) is 0 Å². The van der Waals surface area contributed by atoms with Crippen LogP contribution in [-0.2, 0) is 0 Å². The zero-order valence-electron chi connectivity index (χ0n) is 8.06. The van der Waals surface area contributed by atoms with E-state index in [0.29, 0.717) is 5.02 Å². The molecule has 0 radical (unpaired) electrons. The van der Waals surface area contributed by atoms with Gasteiger partial charge in [0.15, 0.2) is 0 Å². The van der Waals surface area contributed by atoms with Crippen LogP contribution in [0.1, 0.15) is 18.0 Å². The first-order chi connectivity index (χ1) is 6.69. The summed E-state index contributed by atoms with van der Waals surface area (Å²) in [5.74, 6) is -0.313. The number of rotatable bonds is 4. The van der Waals surface area contributed by atoms with Gasteiger partial charge in [0, 0.05) is 11.1 Å². The Hall–Kier alpha value is -0.860. The van der Waals surface area contributed by atoms with Crippen molar-refractivity contribution in [2.75, 3.05) is 7.05 Å². The molecule has 1 N–H and O–H groups in total. The molecular weight excluding hydrogens is 201 g/mol. The molecule has 1 nitrogen and oxygen atoms in total. The third-order valence-electron chi connectivity index (χ3n) is 2.09. The average molecular weight is 214 g/mol. The predicted octanol–water partition coefficient (Wildman–Crippen LogP) is 3.32. The van der Waals surface area contributed by atoms with Crippen molar-refractivity contribution in [2.24, 2.45) is 0 Å².